The van der Waals surface area contributed by atoms with E-state index in [2.05, 4.69) is 5.32 Å². The van der Waals surface area contributed by atoms with Crippen LogP contribution in [0.1, 0.15) is 0 Å². The SMILES string of the molecule is Nc1ccc(Cl)c(NC(=O)CN(CCO)CC(F)F)c1. The number of nitrogen functional groups attached to an aromatic ring is 1. The molecule has 112 valence electrons. The smallest absolute Gasteiger partial charge is 0.251 e. The summed E-state index contributed by atoms with van der Waals surface area (Å²) in [5.41, 5.74) is 6.30. The van der Waals surface area contributed by atoms with Crippen molar-refractivity contribution in [1.29, 1.82) is 0 Å². The van der Waals surface area contributed by atoms with E-state index < -0.39 is 18.9 Å². The minimum atomic E-state index is -2.58. The molecule has 0 radical (unpaired) electrons. The van der Waals surface area contributed by atoms with Gasteiger partial charge in [0.1, 0.15) is 0 Å². The van der Waals surface area contributed by atoms with Gasteiger partial charge in [0.25, 0.3) is 6.43 Å². The third kappa shape index (κ3) is 5.68. The van der Waals surface area contributed by atoms with Crippen molar-refractivity contribution in [3.63, 3.8) is 0 Å². The summed E-state index contributed by atoms with van der Waals surface area (Å²) in [6, 6.07) is 4.58. The summed E-state index contributed by atoms with van der Waals surface area (Å²) >= 11 is 5.88. The van der Waals surface area contributed by atoms with E-state index in [-0.39, 0.29) is 19.7 Å². The van der Waals surface area contributed by atoms with Crippen LogP contribution in [-0.4, -0.2) is 48.6 Å². The number of hydrogen-bond acceptors (Lipinski definition) is 4. The highest BCUT2D eigenvalue weighted by Gasteiger charge is 2.16. The fourth-order valence-corrected chi connectivity index (χ4v) is 1.77. The molecule has 0 unspecified atom stereocenters. The molecular weight excluding hydrogens is 292 g/mol. The molecular formula is C12H16ClF2N3O2. The number of anilines is 2. The van der Waals surface area contributed by atoms with E-state index in [1.54, 1.807) is 6.07 Å². The Kier molecular flexibility index (Phi) is 6.63. The number of aliphatic hydroxyl groups excluding tert-OH is 1. The number of amides is 1. The van der Waals surface area contributed by atoms with Gasteiger partial charge in [-0.25, -0.2) is 8.78 Å². The normalized spacial score (nSPS) is 11.1. The lowest BCUT2D eigenvalue weighted by atomic mass is 10.3. The molecule has 0 spiro atoms. The highest BCUT2D eigenvalue weighted by Crippen LogP contribution is 2.23. The van der Waals surface area contributed by atoms with Crippen molar-refractivity contribution in [2.24, 2.45) is 0 Å². The van der Waals surface area contributed by atoms with Crippen LogP contribution in [0.4, 0.5) is 20.2 Å². The molecule has 1 amide bonds. The number of nitrogens with two attached hydrogens (primary N) is 1. The van der Waals surface area contributed by atoms with E-state index in [1.165, 1.54) is 12.1 Å². The quantitative estimate of drug-likeness (QED) is 0.666. The van der Waals surface area contributed by atoms with Gasteiger partial charge < -0.3 is 16.2 Å². The van der Waals surface area contributed by atoms with Crippen molar-refractivity contribution in [1.82, 2.24) is 4.90 Å². The first-order valence-electron chi connectivity index (χ1n) is 5.88. The first-order chi connectivity index (χ1) is 9.42. The van der Waals surface area contributed by atoms with Crippen molar-refractivity contribution >= 4 is 28.9 Å². The molecule has 0 saturated carbocycles. The monoisotopic (exact) mass is 307 g/mol. The molecule has 0 aromatic heterocycles. The van der Waals surface area contributed by atoms with Crippen LogP contribution in [0.3, 0.4) is 0 Å². The number of benzene rings is 1. The zero-order valence-electron chi connectivity index (χ0n) is 10.7. The maximum atomic E-state index is 12.3. The zero-order chi connectivity index (χ0) is 15.1. The highest BCUT2D eigenvalue weighted by atomic mass is 35.5. The fourth-order valence-electron chi connectivity index (χ4n) is 1.60. The van der Waals surface area contributed by atoms with Crippen LogP contribution >= 0.6 is 11.6 Å². The Hall–Kier alpha value is -1.44. The molecule has 1 rings (SSSR count). The molecule has 8 heteroatoms. The molecule has 1 aromatic rings. The second kappa shape index (κ2) is 7.98. The van der Waals surface area contributed by atoms with Crippen LogP contribution in [-0.2, 0) is 4.79 Å². The van der Waals surface area contributed by atoms with Gasteiger partial charge in [-0.05, 0) is 18.2 Å². The maximum Gasteiger partial charge on any atom is 0.251 e. The lowest BCUT2D eigenvalue weighted by Crippen LogP contribution is -2.38. The topological polar surface area (TPSA) is 78.6 Å². The molecule has 0 aliphatic carbocycles. The van der Waals surface area contributed by atoms with Crippen LogP contribution in [0.25, 0.3) is 0 Å². The third-order valence-corrected chi connectivity index (χ3v) is 2.77. The van der Waals surface area contributed by atoms with E-state index >= 15 is 0 Å². The molecule has 0 aliphatic rings. The predicted octanol–water partition coefficient (Wildman–Crippen LogP) is 1.42. The van der Waals surface area contributed by atoms with Crippen molar-refractivity contribution in [3.05, 3.63) is 23.2 Å². The molecule has 0 saturated heterocycles. The van der Waals surface area contributed by atoms with Gasteiger partial charge in [-0.1, -0.05) is 11.6 Å². The highest BCUT2D eigenvalue weighted by molar-refractivity contribution is 6.33. The standard InChI is InChI=1S/C12H16ClF2N3O2/c13-9-2-1-8(16)5-10(9)17-12(20)7-18(3-4-19)6-11(14)15/h1-2,5,11,19H,3-4,6-7,16H2,(H,17,20). The summed E-state index contributed by atoms with van der Waals surface area (Å²) in [6.45, 7) is -1.17. The van der Waals surface area contributed by atoms with Crippen LogP contribution in [0, 0.1) is 0 Å². The summed E-state index contributed by atoms with van der Waals surface area (Å²) in [7, 11) is 0. The number of aliphatic hydroxyl groups is 1. The first-order valence-corrected chi connectivity index (χ1v) is 6.26. The maximum absolute atomic E-state index is 12.3. The summed E-state index contributed by atoms with van der Waals surface area (Å²) < 4.78 is 24.6. The summed E-state index contributed by atoms with van der Waals surface area (Å²) in [5.74, 6) is -0.508. The summed E-state index contributed by atoms with van der Waals surface area (Å²) in [4.78, 5) is 12.9. The fraction of sp³-hybridized carbons (Fsp3) is 0.417. The van der Waals surface area contributed by atoms with Crippen molar-refractivity contribution in [3.8, 4) is 0 Å². The Morgan fingerprint density at radius 1 is 1.50 bits per heavy atom. The van der Waals surface area contributed by atoms with Gasteiger partial charge in [0.05, 0.1) is 30.4 Å². The van der Waals surface area contributed by atoms with Crippen LogP contribution < -0.4 is 11.1 Å². The van der Waals surface area contributed by atoms with Crippen LogP contribution in [0.15, 0.2) is 18.2 Å². The van der Waals surface area contributed by atoms with Gasteiger partial charge in [-0.2, -0.15) is 0 Å². The lowest BCUT2D eigenvalue weighted by molar-refractivity contribution is -0.117. The number of hydrogen-bond donors (Lipinski definition) is 3. The number of carbonyl (C=O) groups is 1. The Labute approximate surface area is 120 Å². The Bertz CT molecular complexity index is 460. The number of rotatable bonds is 7. The van der Waals surface area contributed by atoms with Crippen LogP contribution in [0.2, 0.25) is 5.02 Å². The molecule has 0 atom stereocenters. The average Bonchev–Trinajstić information content (AvgIpc) is 2.33. The lowest BCUT2D eigenvalue weighted by Gasteiger charge is -2.20. The predicted molar refractivity (Wildman–Crippen MR) is 74.0 cm³/mol. The Morgan fingerprint density at radius 2 is 2.20 bits per heavy atom. The Morgan fingerprint density at radius 3 is 2.80 bits per heavy atom. The molecule has 0 aliphatic heterocycles. The van der Waals surface area contributed by atoms with Gasteiger partial charge in [-0.15, -0.1) is 0 Å². The van der Waals surface area contributed by atoms with Gasteiger partial charge >= 0.3 is 0 Å². The van der Waals surface area contributed by atoms with Crippen LogP contribution in [0.5, 0.6) is 0 Å². The summed E-state index contributed by atoms with van der Waals surface area (Å²) in [6.07, 6.45) is -2.58. The molecule has 5 nitrogen and oxygen atoms in total. The van der Waals surface area contributed by atoms with E-state index in [0.29, 0.717) is 16.4 Å². The molecule has 0 fully saturated rings. The first kappa shape index (κ1) is 16.6. The van der Waals surface area contributed by atoms with Gasteiger partial charge in [0.2, 0.25) is 5.91 Å². The van der Waals surface area contributed by atoms with Crippen molar-refractivity contribution in [2.45, 2.75) is 6.43 Å². The average molecular weight is 308 g/mol. The van der Waals surface area contributed by atoms with Gasteiger partial charge in [-0.3, -0.25) is 9.69 Å². The number of carbonyl (C=O) groups excluding carboxylic acids is 1. The van der Waals surface area contributed by atoms with E-state index in [0.717, 1.165) is 4.90 Å². The number of alkyl halides is 2. The number of nitrogens with zero attached hydrogens (tertiary/aromatic N) is 1. The molecule has 0 heterocycles. The minimum Gasteiger partial charge on any atom is -0.399 e. The minimum absolute atomic E-state index is 0.0115. The van der Waals surface area contributed by atoms with Crippen molar-refractivity contribution < 1.29 is 18.7 Å². The van der Waals surface area contributed by atoms with Crippen molar-refractivity contribution in [2.75, 3.05) is 37.3 Å². The van der Waals surface area contributed by atoms with E-state index in [1.807, 2.05) is 0 Å². The molecule has 20 heavy (non-hydrogen) atoms. The zero-order valence-corrected chi connectivity index (χ0v) is 11.4. The second-order valence-corrected chi connectivity index (χ2v) is 4.54. The second-order valence-electron chi connectivity index (χ2n) is 4.14. The van der Waals surface area contributed by atoms with E-state index in [9.17, 15) is 13.6 Å². The molecule has 1 aromatic carbocycles. The van der Waals surface area contributed by atoms with E-state index in [4.69, 9.17) is 22.4 Å². The Balaban J connectivity index is 2.62. The molecule has 0 bridgehead atoms. The van der Waals surface area contributed by atoms with Gasteiger partial charge in [0.15, 0.2) is 0 Å². The largest absolute Gasteiger partial charge is 0.399 e. The number of nitrogens with one attached hydrogen (secondary N) is 1. The molecule has 4 N–H and O–H groups in total. The third-order valence-electron chi connectivity index (χ3n) is 2.44. The van der Waals surface area contributed by atoms with Gasteiger partial charge in [0, 0.05) is 12.2 Å². The summed E-state index contributed by atoms with van der Waals surface area (Å²) in [5, 5.41) is 11.6. The number of halogens is 3.